The van der Waals surface area contributed by atoms with Crippen molar-refractivity contribution in [2.75, 3.05) is 39.3 Å². The highest BCUT2D eigenvalue weighted by molar-refractivity contribution is 5.01. The summed E-state index contributed by atoms with van der Waals surface area (Å²) in [7, 11) is 0. The SMILES string of the molecule is C=C(CNCC)CN1CCOC(C#N)C1. The summed E-state index contributed by atoms with van der Waals surface area (Å²) in [4.78, 5) is 2.22. The number of ether oxygens (including phenoxy) is 1. The maximum absolute atomic E-state index is 8.75. The normalized spacial score (nSPS) is 22.3. The molecule has 0 saturated carbocycles. The zero-order valence-electron chi connectivity index (χ0n) is 9.33. The number of nitriles is 1. The molecular formula is C11H19N3O. The summed E-state index contributed by atoms with van der Waals surface area (Å²) in [5, 5.41) is 12.0. The van der Waals surface area contributed by atoms with E-state index in [1.54, 1.807) is 0 Å². The molecular weight excluding hydrogens is 190 g/mol. The fourth-order valence-electron chi connectivity index (χ4n) is 1.60. The van der Waals surface area contributed by atoms with Crippen molar-refractivity contribution in [2.45, 2.75) is 13.0 Å². The average molecular weight is 209 g/mol. The van der Waals surface area contributed by atoms with Crippen molar-refractivity contribution in [1.29, 1.82) is 5.26 Å². The molecule has 1 atom stereocenters. The first-order chi connectivity index (χ1) is 7.26. The van der Waals surface area contributed by atoms with E-state index in [-0.39, 0.29) is 6.10 Å². The van der Waals surface area contributed by atoms with Gasteiger partial charge in [0.15, 0.2) is 6.10 Å². The van der Waals surface area contributed by atoms with Crippen molar-refractivity contribution in [3.63, 3.8) is 0 Å². The summed E-state index contributed by atoms with van der Waals surface area (Å²) in [6.07, 6.45) is -0.273. The van der Waals surface area contributed by atoms with Gasteiger partial charge in [0.25, 0.3) is 0 Å². The highest BCUT2D eigenvalue weighted by Gasteiger charge is 2.19. The first-order valence-electron chi connectivity index (χ1n) is 5.37. The molecule has 1 rings (SSSR count). The van der Waals surface area contributed by atoms with Crippen molar-refractivity contribution in [1.82, 2.24) is 10.2 Å². The Hall–Kier alpha value is -0.890. The van der Waals surface area contributed by atoms with Crippen LogP contribution in [0.3, 0.4) is 0 Å². The van der Waals surface area contributed by atoms with Crippen molar-refractivity contribution in [3.05, 3.63) is 12.2 Å². The van der Waals surface area contributed by atoms with Gasteiger partial charge in [-0.05, 0) is 12.1 Å². The fraction of sp³-hybridized carbons (Fsp3) is 0.727. The largest absolute Gasteiger partial charge is 0.361 e. The summed E-state index contributed by atoms with van der Waals surface area (Å²) in [6, 6.07) is 2.14. The van der Waals surface area contributed by atoms with Gasteiger partial charge in [-0.1, -0.05) is 13.5 Å². The van der Waals surface area contributed by atoms with Crippen LogP contribution in [0.4, 0.5) is 0 Å². The Morgan fingerprint density at radius 2 is 2.53 bits per heavy atom. The minimum absolute atomic E-state index is 0.273. The second-order valence-electron chi connectivity index (χ2n) is 3.75. The van der Waals surface area contributed by atoms with Crippen LogP contribution >= 0.6 is 0 Å². The summed E-state index contributed by atoms with van der Waals surface area (Å²) >= 11 is 0. The van der Waals surface area contributed by atoms with Gasteiger partial charge in [0.1, 0.15) is 0 Å². The molecule has 0 radical (unpaired) electrons. The highest BCUT2D eigenvalue weighted by Crippen LogP contribution is 2.06. The summed E-state index contributed by atoms with van der Waals surface area (Å²) in [5.74, 6) is 0. The first-order valence-corrected chi connectivity index (χ1v) is 5.37. The zero-order valence-corrected chi connectivity index (χ0v) is 9.33. The van der Waals surface area contributed by atoms with E-state index in [4.69, 9.17) is 10.00 Å². The van der Waals surface area contributed by atoms with Crippen molar-refractivity contribution >= 4 is 0 Å². The predicted molar refractivity (Wildman–Crippen MR) is 59.5 cm³/mol. The summed E-state index contributed by atoms with van der Waals surface area (Å²) < 4.78 is 5.27. The quantitative estimate of drug-likeness (QED) is 0.665. The Kier molecular flexibility index (Phi) is 5.33. The average Bonchev–Trinajstić information content (AvgIpc) is 2.26. The first kappa shape index (κ1) is 12.2. The van der Waals surface area contributed by atoms with Gasteiger partial charge < -0.3 is 10.1 Å². The monoisotopic (exact) mass is 209 g/mol. The molecule has 1 fully saturated rings. The maximum atomic E-state index is 8.75. The molecule has 0 aromatic carbocycles. The minimum Gasteiger partial charge on any atom is -0.361 e. The molecule has 0 spiro atoms. The van der Waals surface area contributed by atoms with Crippen LogP contribution in [0, 0.1) is 11.3 Å². The lowest BCUT2D eigenvalue weighted by molar-refractivity contribution is 0.00410. The lowest BCUT2D eigenvalue weighted by atomic mass is 10.2. The Morgan fingerprint density at radius 3 is 3.20 bits per heavy atom. The van der Waals surface area contributed by atoms with E-state index in [1.807, 2.05) is 0 Å². The third kappa shape index (κ3) is 4.43. The molecule has 1 heterocycles. The van der Waals surface area contributed by atoms with Crippen molar-refractivity contribution in [2.24, 2.45) is 0 Å². The highest BCUT2D eigenvalue weighted by atomic mass is 16.5. The molecule has 0 aromatic heterocycles. The molecule has 15 heavy (non-hydrogen) atoms. The number of rotatable bonds is 5. The maximum Gasteiger partial charge on any atom is 0.156 e. The van der Waals surface area contributed by atoms with Gasteiger partial charge in [-0.25, -0.2) is 0 Å². The van der Waals surface area contributed by atoms with Crippen LogP contribution in [0.5, 0.6) is 0 Å². The van der Waals surface area contributed by atoms with E-state index in [9.17, 15) is 0 Å². The Balaban J connectivity index is 2.26. The van der Waals surface area contributed by atoms with E-state index in [2.05, 4.69) is 29.8 Å². The molecule has 0 amide bonds. The molecule has 4 nitrogen and oxygen atoms in total. The second kappa shape index (κ2) is 6.57. The van der Waals surface area contributed by atoms with Gasteiger partial charge in [0.2, 0.25) is 0 Å². The number of nitrogens with one attached hydrogen (secondary N) is 1. The van der Waals surface area contributed by atoms with E-state index in [0.29, 0.717) is 13.2 Å². The standard InChI is InChI=1S/C11H19N3O/c1-3-13-7-10(2)8-14-4-5-15-11(6-12)9-14/h11,13H,2-5,7-9H2,1H3. The number of likely N-dealkylation sites (N-methyl/N-ethyl adjacent to an activating group) is 1. The lowest BCUT2D eigenvalue weighted by Gasteiger charge is -2.30. The Bertz CT molecular complexity index is 247. The molecule has 1 N–H and O–H groups in total. The summed E-state index contributed by atoms with van der Waals surface area (Å²) in [6.45, 7) is 11.0. The minimum atomic E-state index is -0.273. The Labute approximate surface area is 91.5 Å². The van der Waals surface area contributed by atoms with Gasteiger partial charge in [-0.3, -0.25) is 4.90 Å². The topological polar surface area (TPSA) is 48.3 Å². The van der Waals surface area contributed by atoms with Crippen molar-refractivity contribution < 1.29 is 4.74 Å². The molecule has 1 saturated heterocycles. The van der Waals surface area contributed by atoms with Crippen LogP contribution in [0.15, 0.2) is 12.2 Å². The number of nitrogens with zero attached hydrogens (tertiary/aromatic N) is 2. The van der Waals surface area contributed by atoms with Gasteiger partial charge in [-0.2, -0.15) is 5.26 Å². The lowest BCUT2D eigenvalue weighted by Crippen LogP contribution is -2.43. The van der Waals surface area contributed by atoms with Gasteiger partial charge in [-0.15, -0.1) is 0 Å². The van der Waals surface area contributed by atoms with E-state index < -0.39 is 0 Å². The van der Waals surface area contributed by atoms with E-state index in [1.165, 1.54) is 0 Å². The van der Waals surface area contributed by atoms with Gasteiger partial charge in [0.05, 0.1) is 12.7 Å². The molecule has 4 heteroatoms. The molecule has 1 unspecified atom stereocenters. The number of hydrogen-bond acceptors (Lipinski definition) is 4. The van der Waals surface area contributed by atoms with Gasteiger partial charge >= 0.3 is 0 Å². The second-order valence-corrected chi connectivity index (χ2v) is 3.75. The third-order valence-electron chi connectivity index (χ3n) is 2.37. The molecule has 84 valence electrons. The van der Waals surface area contributed by atoms with Crippen LogP contribution in [-0.2, 0) is 4.74 Å². The van der Waals surface area contributed by atoms with Crippen LogP contribution in [-0.4, -0.2) is 50.3 Å². The molecule has 1 aliphatic heterocycles. The zero-order chi connectivity index (χ0) is 11.1. The van der Waals surface area contributed by atoms with Crippen LogP contribution in [0.25, 0.3) is 0 Å². The van der Waals surface area contributed by atoms with Gasteiger partial charge in [0, 0.05) is 26.2 Å². The van der Waals surface area contributed by atoms with Crippen LogP contribution in [0.1, 0.15) is 6.92 Å². The van der Waals surface area contributed by atoms with E-state index in [0.717, 1.165) is 31.8 Å². The van der Waals surface area contributed by atoms with Crippen molar-refractivity contribution in [3.8, 4) is 6.07 Å². The fourth-order valence-corrected chi connectivity index (χ4v) is 1.60. The molecule has 0 aliphatic carbocycles. The molecule has 0 bridgehead atoms. The summed E-state index contributed by atoms with van der Waals surface area (Å²) in [5.41, 5.74) is 1.16. The predicted octanol–water partition coefficient (Wildman–Crippen LogP) is 0.376. The van der Waals surface area contributed by atoms with Crippen LogP contribution in [0.2, 0.25) is 0 Å². The molecule has 0 aromatic rings. The third-order valence-corrected chi connectivity index (χ3v) is 2.37. The van der Waals surface area contributed by atoms with E-state index >= 15 is 0 Å². The Morgan fingerprint density at radius 1 is 1.73 bits per heavy atom. The smallest absolute Gasteiger partial charge is 0.156 e. The van der Waals surface area contributed by atoms with Crippen LogP contribution < -0.4 is 5.32 Å². The molecule has 1 aliphatic rings. The number of hydrogen-bond donors (Lipinski definition) is 1. The number of morpholine rings is 1.